The number of carbonyl (C=O) groups excluding carboxylic acids is 1. The molecule has 0 rings (SSSR count). The van der Waals surface area contributed by atoms with E-state index < -0.39 is 22.0 Å². The van der Waals surface area contributed by atoms with Gasteiger partial charge in [0.2, 0.25) is 0 Å². The van der Waals surface area contributed by atoms with Crippen molar-refractivity contribution in [2.45, 2.75) is 111 Å². The smallest absolute Gasteiger partial charge is 0.192 e. The molecular weight excluding hydrogens is 344 g/mol. The number of carbonyl (C=O) groups is 1. The number of rotatable bonds is 8. The molecule has 0 aromatic carbocycles. The van der Waals surface area contributed by atoms with E-state index in [9.17, 15) is 4.79 Å². The minimum atomic E-state index is -1.95. The van der Waals surface area contributed by atoms with E-state index in [1.807, 2.05) is 13.8 Å². The first-order valence-corrected chi connectivity index (χ1v) is 15.4. The molecule has 0 aliphatic carbocycles. The Balaban J connectivity index is 5.30. The van der Waals surface area contributed by atoms with Gasteiger partial charge in [-0.25, -0.2) is 0 Å². The molecule has 0 amide bonds. The molecule has 0 saturated heterocycles. The van der Waals surface area contributed by atoms with Gasteiger partial charge in [0.15, 0.2) is 16.6 Å². The van der Waals surface area contributed by atoms with Crippen molar-refractivity contribution in [2.24, 2.45) is 5.41 Å². The maximum absolute atomic E-state index is 12.3. The summed E-state index contributed by atoms with van der Waals surface area (Å²) in [6.07, 6.45) is 0.668. The van der Waals surface area contributed by atoms with E-state index in [0.717, 1.165) is 6.42 Å². The first-order valence-electron chi connectivity index (χ1n) is 9.58. The van der Waals surface area contributed by atoms with Crippen LogP contribution in [0.4, 0.5) is 0 Å². The highest BCUT2D eigenvalue weighted by Gasteiger charge is 2.44. The Morgan fingerprint density at radius 1 is 0.840 bits per heavy atom. The molecule has 0 spiro atoms. The van der Waals surface area contributed by atoms with Crippen LogP contribution in [0.3, 0.4) is 0 Å². The fourth-order valence-electron chi connectivity index (χ4n) is 1.96. The van der Waals surface area contributed by atoms with Crippen molar-refractivity contribution in [2.75, 3.05) is 6.61 Å². The number of ketones is 1. The summed E-state index contributed by atoms with van der Waals surface area (Å²) in [5, 5.41) is 0.317. The van der Waals surface area contributed by atoms with Gasteiger partial charge in [-0.2, -0.15) is 0 Å². The first-order chi connectivity index (χ1) is 10.8. The van der Waals surface area contributed by atoms with Crippen LogP contribution in [-0.2, 0) is 13.6 Å². The highest BCUT2D eigenvalue weighted by molar-refractivity contribution is 6.74. The maximum atomic E-state index is 12.3. The van der Waals surface area contributed by atoms with Gasteiger partial charge in [-0.05, 0) is 49.6 Å². The highest BCUT2D eigenvalue weighted by Crippen LogP contribution is 2.41. The first kappa shape index (κ1) is 25.0. The monoisotopic (exact) mass is 388 g/mol. The van der Waals surface area contributed by atoms with Gasteiger partial charge in [-0.1, -0.05) is 55.4 Å². The minimum Gasteiger partial charge on any atom is -0.417 e. The van der Waals surface area contributed by atoms with E-state index in [4.69, 9.17) is 8.85 Å². The third-order valence-electron chi connectivity index (χ3n) is 6.60. The molecule has 5 heteroatoms. The van der Waals surface area contributed by atoms with Crippen LogP contribution in [0.25, 0.3) is 0 Å². The summed E-state index contributed by atoms with van der Waals surface area (Å²) in [4.78, 5) is 12.3. The predicted molar refractivity (Wildman–Crippen MR) is 114 cm³/mol. The third-order valence-corrected chi connectivity index (χ3v) is 15.6. The fraction of sp³-hybridized carbons (Fsp3) is 0.950. The van der Waals surface area contributed by atoms with Gasteiger partial charge in [-0.15, -0.1) is 0 Å². The van der Waals surface area contributed by atoms with E-state index in [-0.39, 0.29) is 22.0 Å². The molecule has 25 heavy (non-hydrogen) atoms. The van der Waals surface area contributed by atoms with E-state index in [1.165, 1.54) is 0 Å². The van der Waals surface area contributed by atoms with Gasteiger partial charge in [-0.3, -0.25) is 4.79 Å². The Labute approximate surface area is 159 Å². The summed E-state index contributed by atoms with van der Waals surface area (Å²) in [7, 11) is -3.74. The van der Waals surface area contributed by atoms with Gasteiger partial charge < -0.3 is 8.85 Å². The molecule has 0 aliphatic rings. The quantitative estimate of drug-likeness (QED) is 0.451. The molecule has 0 unspecified atom stereocenters. The zero-order valence-electron chi connectivity index (χ0n) is 19.2. The van der Waals surface area contributed by atoms with Crippen molar-refractivity contribution in [1.29, 1.82) is 0 Å². The summed E-state index contributed by atoms with van der Waals surface area (Å²) in [6.45, 7) is 28.9. The van der Waals surface area contributed by atoms with Crippen molar-refractivity contribution >= 4 is 22.4 Å². The molecule has 0 fully saturated rings. The lowest BCUT2D eigenvalue weighted by Crippen LogP contribution is -2.50. The molecule has 0 aliphatic heterocycles. The number of Topliss-reactive ketones (excluding diaryl/α,β-unsaturated/α-hetero) is 1. The van der Waals surface area contributed by atoms with Crippen molar-refractivity contribution < 1.29 is 13.6 Å². The standard InChI is InChI=1S/C20H44O3Si2/c1-16(21)20(8,9)17(23-25(12,13)19(5,6)7)14-15-22-24(10,11)18(2,3)4/h17H,14-15H2,1-13H3/t17-/m0/s1. The summed E-state index contributed by atoms with van der Waals surface area (Å²) >= 11 is 0. The lowest BCUT2D eigenvalue weighted by Gasteiger charge is -2.44. The summed E-state index contributed by atoms with van der Waals surface area (Å²) in [5.74, 6) is 0.184. The molecular formula is C20H44O3Si2. The SMILES string of the molecule is CC(=O)C(C)(C)[C@H](CCO[Si](C)(C)C(C)(C)C)O[Si](C)(C)C(C)(C)C. The number of hydrogen-bond donors (Lipinski definition) is 0. The minimum absolute atomic E-state index is 0.101. The van der Waals surface area contributed by atoms with Crippen LogP contribution in [0.5, 0.6) is 0 Å². The van der Waals surface area contributed by atoms with Crippen LogP contribution >= 0.6 is 0 Å². The van der Waals surface area contributed by atoms with E-state index in [2.05, 4.69) is 67.7 Å². The largest absolute Gasteiger partial charge is 0.417 e. The van der Waals surface area contributed by atoms with Crippen molar-refractivity contribution in [1.82, 2.24) is 0 Å². The Morgan fingerprint density at radius 2 is 1.24 bits per heavy atom. The molecule has 0 bridgehead atoms. The molecule has 3 nitrogen and oxygen atoms in total. The second-order valence-corrected chi connectivity index (χ2v) is 20.6. The van der Waals surface area contributed by atoms with Gasteiger partial charge in [0.1, 0.15) is 5.78 Å². The van der Waals surface area contributed by atoms with Crippen molar-refractivity contribution in [3.05, 3.63) is 0 Å². The van der Waals surface area contributed by atoms with Gasteiger partial charge in [0, 0.05) is 12.0 Å². The summed E-state index contributed by atoms with van der Waals surface area (Å²) in [6, 6.07) is 0. The molecule has 0 heterocycles. The van der Waals surface area contributed by atoms with Crippen LogP contribution in [0.1, 0.15) is 68.7 Å². The third kappa shape index (κ3) is 6.60. The van der Waals surface area contributed by atoms with Crippen molar-refractivity contribution in [3.8, 4) is 0 Å². The van der Waals surface area contributed by atoms with E-state index >= 15 is 0 Å². The van der Waals surface area contributed by atoms with Crippen LogP contribution < -0.4 is 0 Å². The molecule has 1 atom stereocenters. The zero-order chi connectivity index (χ0) is 20.5. The average molecular weight is 389 g/mol. The summed E-state index contributed by atoms with van der Waals surface area (Å²) in [5.41, 5.74) is -0.494. The zero-order valence-corrected chi connectivity index (χ0v) is 21.2. The highest BCUT2D eigenvalue weighted by atomic mass is 28.4. The molecule has 0 N–H and O–H groups in total. The Hall–Kier alpha value is 0.0238. The number of hydrogen-bond acceptors (Lipinski definition) is 3. The van der Waals surface area contributed by atoms with Gasteiger partial charge in [0.05, 0.1) is 6.10 Å². The molecule has 150 valence electrons. The molecule has 0 aromatic heterocycles. The predicted octanol–water partition coefficient (Wildman–Crippen LogP) is 6.40. The lowest BCUT2D eigenvalue weighted by molar-refractivity contribution is -0.130. The van der Waals surface area contributed by atoms with Crippen LogP contribution in [0, 0.1) is 5.41 Å². The Morgan fingerprint density at radius 3 is 1.56 bits per heavy atom. The van der Waals surface area contributed by atoms with Crippen LogP contribution in [0.15, 0.2) is 0 Å². The molecule has 0 saturated carbocycles. The molecule has 0 radical (unpaired) electrons. The normalized spacial score (nSPS) is 16.0. The topological polar surface area (TPSA) is 35.5 Å². The van der Waals surface area contributed by atoms with Gasteiger partial charge in [0.25, 0.3) is 0 Å². The maximum Gasteiger partial charge on any atom is 0.192 e. The Kier molecular flexibility index (Phi) is 7.96. The van der Waals surface area contributed by atoms with E-state index in [0.29, 0.717) is 6.61 Å². The second-order valence-electron chi connectivity index (χ2n) is 11.0. The summed E-state index contributed by atoms with van der Waals surface area (Å²) < 4.78 is 13.0. The van der Waals surface area contributed by atoms with Crippen LogP contribution in [-0.4, -0.2) is 35.1 Å². The average Bonchev–Trinajstić information content (AvgIpc) is 2.34. The van der Waals surface area contributed by atoms with Crippen molar-refractivity contribution in [3.63, 3.8) is 0 Å². The fourth-order valence-corrected chi connectivity index (χ4v) is 4.50. The van der Waals surface area contributed by atoms with Crippen LogP contribution in [0.2, 0.25) is 36.3 Å². The second kappa shape index (κ2) is 7.95. The lowest BCUT2D eigenvalue weighted by atomic mass is 9.81. The van der Waals surface area contributed by atoms with Gasteiger partial charge >= 0.3 is 0 Å². The Bertz CT molecular complexity index is 455. The van der Waals surface area contributed by atoms with E-state index in [1.54, 1.807) is 6.92 Å². The molecule has 0 aromatic rings.